The maximum atomic E-state index is 5.61. The largest absolute Gasteiger partial charge is 0.330 e. The molecule has 0 atom stereocenters. The van der Waals surface area contributed by atoms with Gasteiger partial charge < -0.3 is 5.73 Å². The number of hydrogen-bond donors (Lipinski definition) is 1. The molecule has 0 fully saturated rings. The number of rotatable bonds is 3. The third-order valence-electron chi connectivity index (χ3n) is 2.93. The minimum Gasteiger partial charge on any atom is -0.330 e. The van der Waals surface area contributed by atoms with E-state index in [1.54, 1.807) is 11.3 Å². The quantitative estimate of drug-likeness (QED) is 0.784. The first kappa shape index (κ1) is 11.4. The number of nitrogens with two attached hydrogens (primary N) is 1. The lowest BCUT2D eigenvalue weighted by molar-refractivity contribution is 0.851. The van der Waals surface area contributed by atoms with Crippen molar-refractivity contribution >= 4 is 16.3 Å². The number of nitrogens with zero attached hydrogens (tertiary/aromatic N) is 3. The molecule has 2 heterocycles. The zero-order chi connectivity index (χ0) is 12.5. The third-order valence-corrected chi connectivity index (χ3v) is 3.75. The first-order valence-electron chi connectivity index (χ1n) is 5.88. The molecule has 2 N–H and O–H groups in total. The molecule has 0 saturated carbocycles. The lowest BCUT2D eigenvalue weighted by Gasteiger charge is -2.02. The minimum atomic E-state index is 0.587. The summed E-state index contributed by atoms with van der Waals surface area (Å²) in [4.78, 5) is 0.925. The van der Waals surface area contributed by atoms with Gasteiger partial charge >= 0.3 is 0 Å². The van der Waals surface area contributed by atoms with Crippen LogP contribution in [0.4, 0.5) is 0 Å². The van der Waals surface area contributed by atoms with Crippen LogP contribution in [0, 0.1) is 6.92 Å². The Morgan fingerprint density at radius 1 is 1.22 bits per heavy atom. The molecule has 0 unspecified atom stereocenters. The molecule has 0 spiro atoms. The Hall–Kier alpha value is -1.72. The van der Waals surface area contributed by atoms with Gasteiger partial charge in [0, 0.05) is 11.8 Å². The van der Waals surface area contributed by atoms with Gasteiger partial charge in [0.25, 0.3) is 0 Å². The van der Waals surface area contributed by atoms with Gasteiger partial charge in [-0.3, -0.25) is 4.40 Å². The number of aromatic nitrogens is 3. The SMILES string of the molecule is Cc1ccc(-c2csc3nnc(CCN)n23)cc1. The van der Waals surface area contributed by atoms with E-state index in [4.69, 9.17) is 5.73 Å². The van der Waals surface area contributed by atoms with Crippen molar-refractivity contribution in [3.63, 3.8) is 0 Å². The van der Waals surface area contributed by atoms with E-state index < -0.39 is 0 Å². The first-order valence-corrected chi connectivity index (χ1v) is 6.76. The Morgan fingerprint density at radius 3 is 2.72 bits per heavy atom. The van der Waals surface area contributed by atoms with Gasteiger partial charge in [-0.1, -0.05) is 29.8 Å². The van der Waals surface area contributed by atoms with Gasteiger partial charge in [0.05, 0.1) is 5.69 Å². The van der Waals surface area contributed by atoms with Crippen molar-refractivity contribution in [2.75, 3.05) is 6.54 Å². The van der Waals surface area contributed by atoms with Crippen molar-refractivity contribution in [3.05, 3.63) is 41.0 Å². The van der Waals surface area contributed by atoms with Crippen molar-refractivity contribution < 1.29 is 0 Å². The van der Waals surface area contributed by atoms with Gasteiger partial charge in [-0.05, 0) is 19.0 Å². The van der Waals surface area contributed by atoms with Crippen molar-refractivity contribution in [1.82, 2.24) is 14.6 Å². The zero-order valence-electron chi connectivity index (χ0n) is 10.1. The predicted molar refractivity (Wildman–Crippen MR) is 73.8 cm³/mol. The fourth-order valence-electron chi connectivity index (χ4n) is 1.99. The summed E-state index contributed by atoms with van der Waals surface area (Å²) in [7, 11) is 0. The molecule has 0 amide bonds. The van der Waals surface area contributed by atoms with Crippen molar-refractivity contribution in [3.8, 4) is 11.3 Å². The summed E-state index contributed by atoms with van der Waals surface area (Å²) < 4.78 is 2.10. The highest BCUT2D eigenvalue weighted by Crippen LogP contribution is 2.26. The van der Waals surface area contributed by atoms with Crippen molar-refractivity contribution in [1.29, 1.82) is 0 Å². The van der Waals surface area contributed by atoms with Crippen LogP contribution < -0.4 is 5.73 Å². The first-order chi connectivity index (χ1) is 8.79. The molecule has 0 aliphatic heterocycles. The van der Waals surface area contributed by atoms with Gasteiger partial charge in [0.2, 0.25) is 4.96 Å². The van der Waals surface area contributed by atoms with E-state index in [1.807, 2.05) is 0 Å². The van der Waals surface area contributed by atoms with E-state index in [9.17, 15) is 0 Å². The molecule has 0 saturated heterocycles. The van der Waals surface area contributed by atoms with E-state index in [1.165, 1.54) is 11.1 Å². The van der Waals surface area contributed by atoms with Crippen LogP contribution >= 0.6 is 11.3 Å². The minimum absolute atomic E-state index is 0.587. The van der Waals surface area contributed by atoms with E-state index in [2.05, 4.69) is 51.2 Å². The molecule has 1 aromatic carbocycles. The highest BCUT2D eigenvalue weighted by molar-refractivity contribution is 7.15. The van der Waals surface area contributed by atoms with E-state index in [-0.39, 0.29) is 0 Å². The second-order valence-electron chi connectivity index (χ2n) is 4.26. The summed E-state index contributed by atoms with van der Waals surface area (Å²) in [5.74, 6) is 0.935. The van der Waals surface area contributed by atoms with E-state index >= 15 is 0 Å². The van der Waals surface area contributed by atoms with Crippen molar-refractivity contribution in [2.24, 2.45) is 5.73 Å². The molecular weight excluding hydrogens is 244 g/mol. The molecule has 5 heteroatoms. The predicted octanol–water partition coefficient (Wildman–Crippen LogP) is 2.27. The Balaban J connectivity index is 2.16. The summed E-state index contributed by atoms with van der Waals surface area (Å²) in [5, 5.41) is 10.5. The summed E-state index contributed by atoms with van der Waals surface area (Å²) in [5.41, 5.74) is 9.20. The summed E-state index contributed by atoms with van der Waals surface area (Å²) in [6.07, 6.45) is 0.747. The molecular formula is C13H14N4S. The molecule has 0 bridgehead atoms. The fourth-order valence-corrected chi connectivity index (χ4v) is 2.85. The van der Waals surface area contributed by atoms with Crippen LogP contribution in [-0.4, -0.2) is 21.1 Å². The number of aryl methyl sites for hydroxylation is 1. The lowest BCUT2D eigenvalue weighted by atomic mass is 10.1. The van der Waals surface area contributed by atoms with Crippen LogP contribution in [-0.2, 0) is 6.42 Å². The van der Waals surface area contributed by atoms with Gasteiger partial charge in [0.1, 0.15) is 5.82 Å². The van der Waals surface area contributed by atoms with Crippen LogP contribution in [0.1, 0.15) is 11.4 Å². The van der Waals surface area contributed by atoms with Crippen LogP contribution in [0.2, 0.25) is 0 Å². The Labute approximate surface area is 109 Å². The Kier molecular flexibility index (Phi) is 2.85. The standard InChI is InChI=1S/C13H14N4S/c1-9-2-4-10(5-3-9)11-8-18-13-16-15-12(6-7-14)17(11)13/h2-5,8H,6-7,14H2,1H3. The average Bonchev–Trinajstić information content (AvgIpc) is 2.94. The van der Waals surface area contributed by atoms with Crippen LogP contribution in [0.5, 0.6) is 0 Å². The van der Waals surface area contributed by atoms with Gasteiger partial charge in [-0.2, -0.15) is 0 Å². The highest BCUT2D eigenvalue weighted by Gasteiger charge is 2.12. The third kappa shape index (κ3) is 1.81. The Morgan fingerprint density at radius 2 is 2.00 bits per heavy atom. The second-order valence-corrected chi connectivity index (χ2v) is 5.10. The van der Waals surface area contributed by atoms with E-state index in [0.717, 1.165) is 22.9 Å². The highest BCUT2D eigenvalue weighted by atomic mass is 32.1. The molecule has 0 radical (unpaired) electrons. The smallest absolute Gasteiger partial charge is 0.216 e. The molecule has 3 aromatic rings. The maximum Gasteiger partial charge on any atom is 0.216 e. The van der Waals surface area contributed by atoms with Gasteiger partial charge in [-0.15, -0.1) is 21.5 Å². The monoisotopic (exact) mass is 258 g/mol. The summed E-state index contributed by atoms with van der Waals surface area (Å²) in [6, 6.07) is 8.49. The van der Waals surface area contributed by atoms with Crippen LogP contribution in [0.15, 0.2) is 29.6 Å². The Bertz CT molecular complexity index is 666. The number of fused-ring (bicyclic) bond motifs is 1. The van der Waals surface area contributed by atoms with Crippen LogP contribution in [0.3, 0.4) is 0 Å². The number of thiazole rings is 1. The number of benzene rings is 1. The molecule has 0 aliphatic rings. The van der Waals surface area contributed by atoms with E-state index in [0.29, 0.717) is 6.54 Å². The molecule has 92 valence electrons. The average molecular weight is 258 g/mol. The maximum absolute atomic E-state index is 5.61. The molecule has 18 heavy (non-hydrogen) atoms. The normalized spacial score (nSPS) is 11.2. The zero-order valence-corrected chi connectivity index (χ0v) is 10.9. The van der Waals surface area contributed by atoms with Crippen molar-refractivity contribution in [2.45, 2.75) is 13.3 Å². The topological polar surface area (TPSA) is 56.2 Å². The number of hydrogen-bond acceptors (Lipinski definition) is 4. The molecule has 2 aromatic heterocycles. The van der Waals surface area contributed by atoms with Crippen LogP contribution in [0.25, 0.3) is 16.2 Å². The lowest BCUT2D eigenvalue weighted by Crippen LogP contribution is -2.06. The molecule has 3 rings (SSSR count). The van der Waals surface area contributed by atoms with Gasteiger partial charge in [-0.25, -0.2) is 0 Å². The van der Waals surface area contributed by atoms with Gasteiger partial charge in [0.15, 0.2) is 0 Å². The second kappa shape index (κ2) is 4.51. The summed E-state index contributed by atoms with van der Waals surface area (Å²) in [6.45, 7) is 2.68. The molecule has 4 nitrogen and oxygen atoms in total. The molecule has 0 aliphatic carbocycles. The summed E-state index contributed by atoms with van der Waals surface area (Å²) >= 11 is 1.61. The fraction of sp³-hybridized carbons (Fsp3) is 0.231.